The lowest BCUT2D eigenvalue weighted by Gasteiger charge is -1.95. The minimum Gasteiger partial charge on any atom is -0.550 e. The summed E-state index contributed by atoms with van der Waals surface area (Å²) >= 11 is 0. The lowest BCUT2D eigenvalue weighted by atomic mass is 10.2. The van der Waals surface area contributed by atoms with Crippen LogP contribution in [-0.4, -0.2) is 5.97 Å². The van der Waals surface area contributed by atoms with Crippen molar-refractivity contribution in [2.24, 2.45) is 0 Å². The minimum atomic E-state index is -0.991. The topological polar surface area (TPSA) is 40.1 Å². The molecule has 0 N–H and O–H groups in total. The van der Waals surface area contributed by atoms with Crippen LogP contribution in [0.3, 0.4) is 0 Å². The molecule has 0 bridgehead atoms. The van der Waals surface area contributed by atoms with Gasteiger partial charge >= 0.3 is 0 Å². The molecule has 24 heavy (non-hydrogen) atoms. The van der Waals surface area contributed by atoms with Crippen molar-refractivity contribution in [3.8, 4) is 0 Å². The number of hydrogen-bond donors (Lipinski definition) is 0. The molecule has 0 saturated carbocycles. The molecule has 0 atom stereocenters. The molecule has 0 amide bonds. The van der Waals surface area contributed by atoms with E-state index in [1.54, 1.807) is 0 Å². The van der Waals surface area contributed by atoms with Crippen molar-refractivity contribution in [2.45, 2.75) is 58.3 Å². The van der Waals surface area contributed by atoms with Crippen molar-refractivity contribution in [3.05, 3.63) is 72.9 Å². The molecule has 0 heterocycles. The Hall–Kier alpha value is -2.09. The second kappa shape index (κ2) is 19.0. The summed E-state index contributed by atoms with van der Waals surface area (Å²) in [7, 11) is 0. The fraction of sp³-hybridized carbons (Fsp3) is 0.409. The number of carboxylic acids is 1. The summed E-state index contributed by atoms with van der Waals surface area (Å²) in [6, 6.07) is 0. The summed E-state index contributed by atoms with van der Waals surface area (Å²) in [5.74, 6) is -0.991. The molecule has 0 aliphatic rings. The molecule has 0 unspecified atom stereocenters. The number of aliphatic carboxylic acids is 1. The average Bonchev–Trinajstić information content (AvgIpc) is 2.56. The molecule has 0 saturated heterocycles. The van der Waals surface area contributed by atoms with Gasteiger partial charge in [-0.15, -0.1) is 0 Å². The van der Waals surface area contributed by atoms with Crippen LogP contribution in [-0.2, 0) is 4.79 Å². The van der Waals surface area contributed by atoms with Gasteiger partial charge in [0.15, 0.2) is 0 Å². The standard InChI is InChI=1S/C22H32O2/c1-2-3-4-5-6-7-8-9-10-11-12-13-14-15-16-17-18-19-20-21-22(23)24/h3-4,6-7,9-10,12-13,15-16,18-19H,2,5,8,11,14,17,20-21H2,1H3,(H,23,24)/p-1/b4-3+,7-6+,10-9+,13-12-,16-15+,19-18+. The molecule has 0 aromatic heterocycles. The molecule has 132 valence electrons. The highest BCUT2D eigenvalue weighted by atomic mass is 16.4. The Balaban J connectivity index is 3.51. The van der Waals surface area contributed by atoms with Crippen LogP contribution in [0.15, 0.2) is 72.9 Å². The Morgan fingerprint density at radius 1 is 0.625 bits per heavy atom. The van der Waals surface area contributed by atoms with Crippen LogP contribution in [0.4, 0.5) is 0 Å². The summed E-state index contributed by atoms with van der Waals surface area (Å²) in [6.07, 6.45) is 32.1. The quantitative estimate of drug-likeness (QED) is 0.411. The van der Waals surface area contributed by atoms with Gasteiger partial charge < -0.3 is 9.90 Å². The number of allylic oxidation sites excluding steroid dienone is 12. The lowest BCUT2D eigenvalue weighted by Crippen LogP contribution is -2.21. The first kappa shape index (κ1) is 21.9. The van der Waals surface area contributed by atoms with Gasteiger partial charge in [-0.05, 0) is 51.4 Å². The maximum absolute atomic E-state index is 10.2. The van der Waals surface area contributed by atoms with E-state index < -0.39 is 5.97 Å². The minimum absolute atomic E-state index is 0.0994. The third-order valence-corrected chi connectivity index (χ3v) is 3.11. The van der Waals surface area contributed by atoms with Crippen LogP contribution in [0.25, 0.3) is 0 Å². The van der Waals surface area contributed by atoms with Crippen LogP contribution in [0.5, 0.6) is 0 Å². The van der Waals surface area contributed by atoms with Gasteiger partial charge in [0.2, 0.25) is 0 Å². The molecule has 0 aliphatic carbocycles. The van der Waals surface area contributed by atoms with E-state index in [1.807, 2.05) is 12.2 Å². The Morgan fingerprint density at radius 2 is 0.958 bits per heavy atom. The smallest absolute Gasteiger partial charge is 0.0417 e. The van der Waals surface area contributed by atoms with Crippen molar-refractivity contribution in [2.75, 3.05) is 0 Å². The largest absolute Gasteiger partial charge is 0.550 e. The second-order valence-electron chi connectivity index (χ2n) is 5.33. The van der Waals surface area contributed by atoms with Crippen LogP contribution in [0.2, 0.25) is 0 Å². The zero-order chi connectivity index (χ0) is 17.7. The first-order valence-corrected chi connectivity index (χ1v) is 8.87. The van der Waals surface area contributed by atoms with Gasteiger partial charge in [-0.25, -0.2) is 0 Å². The summed E-state index contributed by atoms with van der Waals surface area (Å²) in [5, 5.41) is 10.2. The van der Waals surface area contributed by atoms with Gasteiger partial charge in [0.05, 0.1) is 0 Å². The molecular formula is C22H31O2-. The molecule has 0 fully saturated rings. The second-order valence-corrected chi connectivity index (χ2v) is 5.33. The molecule has 2 nitrogen and oxygen atoms in total. The van der Waals surface area contributed by atoms with Gasteiger partial charge in [-0.2, -0.15) is 0 Å². The molecule has 0 aromatic rings. The first-order chi connectivity index (χ1) is 11.8. The van der Waals surface area contributed by atoms with Gasteiger partial charge in [0, 0.05) is 5.97 Å². The lowest BCUT2D eigenvalue weighted by molar-refractivity contribution is -0.305. The molecule has 2 heteroatoms. The van der Waals surface area contributed by atoms with Crippen LogP contribution >= 0.6 is 0 Å². The summed E-state index contributed by atoms with van der Waals surface area (Å²) in [6.45, 7) is 2.15. The van der Waals surface area contributed by atoms with E-state index in [2.05, 4.69) is 67.7 Å². The highest BCUT2D eigenvalue weighted by Gasteiger charge is 1.81. The van der Waals surface area contributed by atoms with Crippen molar-refractivity contribution in [3.63, 3.8) is 0 Å². The number of hydrogen-bond acceptors (Lipinski definition) is 2. The van der Waals surface area contributed by atoms with E-state index >= 15 is 0 Å². The van der Waals surface area contributed by atoms with E-state index in [9.17, 15) is 9.90 Å². The van der Waals surface area contributed by atoms with Gasteiger partial charge in [0.25, 0.3) is 0 Å². The van der Waals surface area contributed by atoms with E-state index in [-0.39, 0.29) is 6.42 Å². The number of rotatable bonds is 14. The van der Waals surface area contributed by atoms with Crippen LogP contribution < -0.4 is 5.11 Å². The zero-order valence-corrected chi connectivity index (χ0v) is 14.9. The van der Waals surface area contributed by atoms with Gasteiger partial charge in [0.1, 0.15) is 0 Å². The molecule has 0 aliphatic heterocycles. The predicted molar refractivity (Wildman–Crippen MR) is 102 cm³/mol. The van der Waals surface area contributed by atoms with Gasteiger partial charge in [-0.3, -0.25) is 0 Å². The Labute approximate surface area is 147 Å². The van der Waals surface area contributed by atoms with Gasteiger partial charge in [-0.1, -0.05) is 79.8 Å². The van der Waals surface area contributed by atoms with E-state index in [0.717, 1.165) is 38.5 Å². The maximum atomic E-state index is 10.2. The van der Waals surface area contributed by atoms with Crippen LogP contribution in [0.1, 0.15) is 58.3 Å². The molecule has 0 aromatic carbocycles. The van der Waals surface area contributed by atoms with Crippen molar-refractivity contribution < 1.29 is 9.90 Å². The van der Waals surface area contributed by atoms with E-state index in [0.29, 0.717) is 6.42 Å². The monoisotopic (exact) mass is 327 g/mol. The van der Waals surface area contributed by atoms with Crippen molar-refractivity contribution >= 4 is 5.97 Å². The fourth-order valence-corrected chi connectivity index (χ4v) is 1.84. The third-order valence-electron chi connectivity index (χ3n) is 3.11. The molecular weight excluding hydrogens is 296 g/mol. The SMILES string of the molecule is CC/C=C/C/C=C/C/C=C/C/C=C\C/C=C/C/C=C/CCC(=O)[O-]. The summed E-state index contributed by atoms with van der Waals surface area (Å²) in [5.41, 5.74) is 0. The highest BCUT2D eigenvalue weighted by molar-refractivity contribution is 5.64. The summed E-state index contributed by atoms with van der Waals surface area (Å²) in [4.78, 5) is 10.2. The van der Waals surface area contributed by atoms with Crippen molar-refractivity contribution in [1.29, 1.82) is 0 Å². The average molecular weight is 327 g/mol. The molecule has 0 rings (SSSR count). The van der Waals surface area contributed by atoms with Crippen LogP contribution in [0, 0.1) is 0 Å². The Morgan fingerprint density at radius 3 is 1.29 bits per heavy atom. The number of carbonyl (C=O) groups is 1. The van der Waals surface area contributed by atoms with E-state index in [4.69, 9.17) is 0 Å². The Kier molecular flexibility index (Phi) is 17.3. The van der Waals surface area contributed by atoms with E-state index in [1.165, 1.54) is 0 Å². The first-order valence-electron chi connectivity index (χ1n) is 8.87. The maximum Gasteiger partial charge on any atom is 0.0417 e. The summed E-state index contributed by atoms with van der Waals surface area (Å²) < 4.78 is 0. The molecule has 0 spiro atoms. The van der Waals surface area contributed by atoms with Crippen molar-refractivity contribution in [1.82, 2.24) is 0 Å². The third kappa shape index (κ3) is 19.9. The highest BCUT2D eigenvalue weighted by Crippen LogP contribution is 1.97. The molecule has 0 radical (unpaired) electrons. The zero-order valence-electron chi connectivity index (χ0n) is 14.9. The Bertz CT molecular complexity index is 462. The number of carbonyl (C=O) groups excluding carboxylic acids is 1. The number of carboxylic acid groups (broad SMARTS) is 1. The normalized spacial score (nSPS) is 13.0. The fourth-order valence-electron chi connectivity index (χ4n) is 1.84. The predicted octanol–water partition coefficient (Wildman–Crippen LogP) is 5.21.